The number of nitrogens with one attached hydrogen (secondary N) is 1. The van der Waals surface area contributed by atoms with Crippen molar-refractivity contribution < 1.29 is 4.79 Å². The van der Waals surface area contributed by atoms with Crippen molar-refractivity contribution in [2.24, 2.45) is 0 Å². The molecule has 22 heavy (non-hydrogen) atoms. The number of hydrogen-bond acceptors (Lipinski definition) is 6. The SMILES string of the molecule is CCC(Sc1ncnc(N)n1)C(=O)Nc1cccc(Cl)c1C. The highest BCUT2D eigenvalue weighted by atomic mass is 35.5. The third kappa shape index (κ3) is 4.08. The topological polar surface area (TPSA) is 93.8 Å². The molecule has 8 heteroatoms. The normalized spacial score (nSPS) is 12.0. The van der Waals surface area contributed by atoms with Crippen LogP contribution in [0.4, 0.5) is 11.6 Å². The van der Waals surface area contributed by atoms with E-state index in [1.54, 1.807) is 12.1 Å². The van der Waals surface area contributed by atoms with Crippen LogP contribution in [0.2, 0.25) is 5.02 Å². The van der Waals surface area contributed by atoms with Crippen LogP contribution in [0.15, 0.2) is 29.7 Å². The summed E-state index contributed by atoms with van der Waals surface area (Å²) in [5, 5.41) is 3.60. The van der Waals surface area contributed by atoms with Crippen LogP contribution in [0.25, 0.3) is 0 Å². The number of nitrogen functional groups attached to an aromatic ring is 1. The van der Waals surface area contributed by atoms with Gasteiger partial charge < -0.3 is 11.1 Å². The van der Waals surface area contributed by atoms with Crippen molar-refractivity contribution >= 4 is 40.9 Å². The Morgan fingerprint density at radius 3 is 2.91 bits per heavy atom. The summed E-state index contributed by atoms with van der Waals surface area (Å²) in [6.07, 6.45) is 1.96. The Balaban J connectivity index is 2.10. The van der Waals surface area contributed by atoms with E-state index >= 15 is 0 Å². The second-order valence-corrected chi connectivity index (χ2v) is 6.12. The molecule has 116 valence electrons. The summed E-state index contributed by atoms with van der Waals surface area (Å²) >= 11 is 7.31. The Morgan fingerprint density at radius 1 is 1.45 bits per heavy atom. The molecule has 0 radical (unpaired) electrons. The number of halogens is 1. The number of nitrogens with two attached hydrogens (primary N) is 1. The van der Waals surface area contributed by atoms with Gasteiger partial charge in [-0.05, 0) is 31.0 Å². The summed E-state index contributed by atoms with van der Waals surface area (Å²) in [4.78, 5) is 24.2. The lowest BCUT2D eigenvalue weighted by Crippen LogP contribution is -2.25. The molecule has 1 aromatic heterocycles. The number of carbonyl (C=O) groups excluding carboxylic acids is 1. The van der Waals surface area contributed by atoms with Gasteiger partial charge in [-0.25, -0.2) is 9.97 Å². The van der Waals surface area contributed by atoms with Crippen molar-refractivity contribution in [3.05, 3.63) is 35.1 Å². The predicted octanol–water partition coefficient (Wildman–Crippen LogP) is 2.93. The molecule has 0 aliphatic heterocycles. The first-order valence-electron chi connectivity index (χ1n) is 6.68. The number of anilines is 2. The molecular weight excluding hydrogens is 322 g/mol. The van der Waals surface area contributed by atoms with Gasteiger partial charge in [0.2, 0.25) is 11.9 Å². The standard InChI is InChI=1S/C14H16ClN5OS/c1-3-11(22-14-18-7-17-13(16)20-14)12(21)19-10-6-4-5-9(15)8(10)2/h4-7,11H,3H2,1-2H3,(H,19,21)(H2,16,17,18,20). The first-order valence-corrected chi connectivity index (χ1v) is 7.94. The first-order chi connectivity index (χ1) is 10.5. The second-order valence-electron chi connectivity index (χ2n) is 4.54. The lowest BCUT2D eigenvalue weighted by atomic mass is 10.2. The van der Waals surface area contributed by atoms with Gasteiger partial charge in [0.1, 0.15) is 6.33 Å². The van der Waals surface area contributed by atoms with Crippen molar-refractivity contribution in [3.8, 4) is 0 Å². The van der Waals surface area contributed by atoms with Gasteiger partial charge in [0.25, 0.3) is 0 Å². The molecule has 0 fully saturated rings. The summed E-state index contributed by atoms with van der Waals surface area (Å²) in [5.74, 6) is 0.00953. The lowest BCUT2D eigenvalue weighted by Gasteiger charge is -2.15. The van der Waals surface area contributed by atoms with Crippen molar-refractivity contribution in [1.82, 2.24) is 15.0 Å². The zero-order valence-electron chi connectivity index (χ0n) is 12.2. The predicted molar refractivity (Wildman–Crippen MR) is 89.0 cm³/mol. The van der Waals surface area contributed by atoms with Gasteiger partial charge in [0, 0.05) is 10.7 Å². The number of thioether (sulfide) groups is 1. The summed E-state index contributed by atoms with van der Waals surface area (Å²) < 4.78 is 0. The Hall–Kier alpha value is -1.86. The monoisotopic (exact) mass is 337 g/mol. The third-order valence-electron chi connectivity index (χ3n) is 3.00. The van der Waals surface area contributed by atoms with E-state index in [9.17, 15) is 4.79 Å². The van der Waals surface area contributed by atoms with Gasteiger partial charge in [0.05, 0.1) is 5.25 Å². The van der Waals surface area contributed by atoms with Crippen molar-refractivity contribution in [3.63, 3.8) is 0 Å². The zero-order chi connectivity index (χ0) is 16.1. The molecule has 6 nitrogen and oxygen atoms in total. The van der Waals surface area contributed by atoms with Gasteiger partial charge in [-0.2, -0.15) is 4.98 Å². The number of benzene rings is 1. The fourth-order valence-corrected chi connectivity index (χ4v) is 2.77. The summed E-state index contributed by atoms with van der Waals surface area (Å²) in [5.41, 5.74) is 7.06. The highest BCUT2D eigenvalue weighted by Crippen LogP contribution is 2.26. The largest absolute Gasteiger partial charge is 0.368 e. The zero-order valence-corrected chi connectivity index (χ0v) is 13.8. The van der Waals surface area contributed by atoms with Gasteiger partial charge >= 0.3 is 0 Å². The summed E-state index contributed by atoms with van der Waals surface area (Å²) in [6.45, 7) is 3.78. The van der Waals surface area contributed by atoms with Gasteiger partial charge in [-0.1, -0.05) is 36.4 Å². The Morgan fingerprint density at radius 2 is 2.23 bits per heavy atom. The van der Waals surface area contributed by atoms with Gasteiger partial charge in [-0.3, -0.25) is 4.79 Å². The molecule has 0 aliphatic rings. The number of carbonyl (C=O) groups is 1. The average molecular weight is 338 g/mol. The van der Waals surface area contributed by atoms with Crippen LogP contribution < -0.4 is 11.1 Å². The van der Waals surface area contributed by atoms with E-state index in [0.717, 1.165) is 5.56 Å². The molecule has 2 aromatic rings. The Kier molecular flexibility index (Phi) is 5.57. The number of nitrogens with zero attached hydrogens (tertiary/aromatic N) is 3. The molecule has 3 N–H and O–H groups in total. The van der Waals surface area contributed by atoms with E-state index in [1.807, 2.05) is 19.9 Å². The second kappa shape index (κ2) is 7.42. The quantitative estimate of drug-likeness (QED) is 0.815. The summed E-state index contributed by atoms with van der Waals surface area (Å²) in [6, 6.07) is 5.40. The number of rotatable bonds is 5. The van der Waals surface area contributed by atoms with E-state index in [1.165, 1.54) is 18.1 Å². The van der Waals surface area contributed by atoms with Crippen molar-refractivity contribution in [2.75, 3.05) is 11.1 Å². The molecule has 0 spiro atoms. The van der Waals surface area contributed by atoms with Crippen LogP contribution in [0.5, 0.6) is 0 Å². The smallest absolute Gasteiger partial charge is 0.237 e. The maximum atomic E-state index is 12.4. The maximum absolute atomic E-state index is 12.4. The molecule has 1 heterocycles. The first kappa shape index (κ1) is 16.5. The van der Waals surface area contributed by atoms with Gasteiger partial charge in [0.15, 0.2) is 5.16 Å². The van der Waals surface area contributed by atoms with Crippen LogP contribution in [-0.2, 0) is 4.79 Å². The van der Waals surface area contributed by atoms with Crippen LogP contribution >= 0.6 is 23.4 Å². The summed E-state index contributed by atoms with van der Waals surface area (Å²) in [7, 11) is 0. The lowest BCUT2D eigenvalue weighted by molar-refractivity contribution is -0.115. The van der Waals surface area contributed by atoms with Crippen LogP contribution in [0, 0.1) is 6.92 Å². The molecule has 0 saturated heterocycles. The fraction of sp³-hybridized carbons (Fsp3) is 0.286. The minimum absolute atomic E-state index is 0.128. The van der Waals surface area contributed by atoms with E-state index in [4.69, 9.17) is 17.3 Å². The molecule has 0 saturated carbocycles. The molecule has 0 bridgehead atoms. The number of hydrogen-bond donors (Lipinski definition) is 2. The highest BCUT2D eigenvalue weighted by Gasteiger charge is 2.20. The highest BCUT2D eigenvalue weighted by molar-refractivity contribution is 8.00. The van der Waals surface area contributed by atoms with E-state index in [-0.39, 0.29) is 17.1 Å². The minimum atomic E-state index is -0.333. The molecule has 1 unspecified atom stereocenters. The Bertz CT molecular complexity index is 682. The van der Waals surface area contributed by atoms with E-state index < -0.39 is 0 Å². The number of aromatic nitrogens is 3. The number of amides is 1. The van der Waals surface area contributed by atoms with Crippen molar-refractivity contribution in [1.29, 1.82) is 0 Å². The molecule has 1 amide bonds. The van der Waals surface area contributed by atoms with Crippen molar-refractivity contribution in [2.45, 2.75) is 30.7 Å². The van der Waals surface area contributed by atoms with E-state index in [0.29, 0.717) is 22.3 Å². The molecule has 0 aliphatic carbocycles. The van der Waals surface area contributed by atoms with Crippen LogP contribution in [-0.4, -0.2) is 26.1 Å². The average Bonchev–Trinajstić information content (AvgIpc) is 2.49. The molecule has 1 aromatic carbocycles. The molecule has 2 rings (SSSR count). The Labute approximate surface area is 137 Å². The van der Waals surface area contributed by atoms with Crippen LogP contribution in [0.3, 0.4) is 0 Å². The molecule has 1 atom stereocenters. The van der Waals surface area contributed by atoms with Crippen LogP contribution in [0.1, 0.15) is 18.9 Å². The maximum Gasteiger partial charge on any atom is 0.237 e. The minimum Gasteiger partial charge on any atom is -0.368 e. The van der Waals surface area contributed by atoms with Gasteiger partial charge in [-0.15, -0.1) is 0 Å². The fourth-order valence-electron chi connectivity index (χ4n) is 1.76. The molecular formula is C14H16ClN5OS. The van der Waals surface area contributed by atoms with E-state index in [2.05, 4.69) is 20.3 Å². The third-order valence-corrected chi connectivity index (χ3v) is 4.65.